The summed E-state index contributed by atoms with van der Waals surface area (Å²) in [5, 5.41) is 8.51. The Labute approximate surface area is 180 Å². The molecule has 0 radical (unpaired) electrons. The van der Waals surface area contributed by atoms with Crippen molar-refractivity contribution in [3.63, 3.8) is 0 Å². The number of amides is 1. The van der Waals surface area contributed by atoms with Crippen LogP contribution in [0.3, 0.4) is 0 Å². The largest absolute Gasteiger partial charge is 0.351 e. The highest BCUT2D eigenvalue weighted by molar-refractivity contribution is 7.10. The molecule has 1 aliphatic heterocycles. The quantitative estimate of drug-likeness (QED) is 0.577. The van der Waals surface area contributed by atoms with Gasteiger partial charge in [-0.2, -0.15) is 0 Å². The lowest BCUT2D eigenvalue weighted by molar-refractivity contribution is -0.120. The molecule has 6 heteroatoms. The van der Waals surface area contributed by atoms with Crippen LogP contribution in [0.5, 0.6) is 0 Å². The summed E-state index contributed by atoms with van der Waals surface area (Å²) in [4.78, 5) is 16.1. The summed E-state index contributed by atoms with van der Waals surface area (Å²) in [5.41, 5.74) is 2.24. The van der Waals surface area contributed by atoms with Gasteiger partial charge < -0.3 is 5.32 Å². The number of thiophene rings is 1. The molecule has 156 valence electrons. The zero-order chi connectivity index (χ0) is 20.8. The molecule has 3 aromatic rings. The number of hydrogen-bond acceptors (Lipinski definition) is 4. The summed E-state index contributed by atoms with van der Waals surface area (Å²) in [5.74, 6) is -0.270. The molecular weight excluding hydrogens is 397 g/mol. The van der Waals surface area contributed by atoms with Crippen LogP contribution in [0, 0.1) is 5.82 Å². The molecule has 2 N–H and O–H groups in total. The van der Waals surface area contributed by atoms with E-state index in [2.05, 4.69) is 39.8 Å². The number of nitrogens with zero attached hydrogens (tertiary/aromatic N) is 1. The van der Waals surface area contributed by atoms with Crippen LogP contribution >= 0.6 is 11.3 Å². The van der Waals surface area contributed by atoms with E-state index in [1.54, 1.807) is 23.5 Å². The van der Waals surface area contributed by atoms with Gasteiger partial charge in [0.2, 0.25) is 5.91 Å². The molecule has 1 saturated heterocycles. The predicted octanol–water partition coefficient (Wildman–Crippen LogP) is 3.96. The highest BCUT2D eigenvalue weighted by Crippen LogP contribution is 2.26. The van der Waals surface area contributed by atoms with Crippen LogP contribution in [-0.2, 0) is 11.3 Å². The van der Waals surface area contributed by atoms with E-state index in [1.807, 2.05) is 23.6 Å². The van der Waals surface area contributed by atoms with Crippen molar-refractivity contribution >= 4 is 17.2 Å². The van der Waals surface area contributed by atoms with E-state index in [0.717, 1.165) is 36.5 Å². The summed E-state index contributed by atoms with van der Waals surface area (Å²) in [6, 6.07) is 20.9. The third-order valence-corrected chi connectivity index (χ3v) is 6.32. The number of carbonyl (C=O) groups is 1. The maximum Gasteiger partial charge on any atom is 0.234 e. The highest BCUT2D eigenvalue weighted by Gasteiger charge is 2.24. The number of benzene rings is 2. The van der Waals surface area contributed by atoms with Crippen LogP contribution in [0.25, 0.3) is 0 Å². The summed E-state index contributed by atoms with van der Waals surface area (Å²) in [6.45, 7) is 2.99. The molecule has 0 unspecified atom stereocenters. The van der Waals surface area contributed by atoms with Crippen LogP contribution in [0.1, 0.15) is 28.5 Å². The van der Waals surface area contributed by atoms with E-state index in [4.69, 9.17) is 0 Å². The third kappa shape index (κ3) is 5.53. The molecule has 4 nitrogen and oxygen atoms in total. The number of rotatable bonds is 8. The van der Waals surface area contributed by atoms with Crippen molar-refractivity contribution in [2.45, 2.75) is 25.0 Å². The lowest BCUT2D eigenvalue weighted by Gasteiger charge is -2.20. The van der Waals surface area contributed by atoms with E-state index < -0.39 is 0 Å². The molecule has 0 bridgehead atoms. The topological polar surface area (TPSA) is 44.4 Å². The second-order valence-corrected chi connectivity index (χ2v) is 8.63. The fourth-order valence-electron chi connectivity index (χ4n) is 3.90. The van der Waals surface area contributed by atoms with Crippen molar-refractivity contribution < 1.29 is 9.18 Å². The lowest BCUT2D eigenvalue weighted by atomic mass is 10.1. The molecule has 0 spiro atoms. The first kappa shape index (κ1) is 20.7. The molecule has 0 aliphatic carbocycles. The Kier molecular flexibility index (Phi) is 6.89. The number of likely N-dealkylation sites (tertiary alicyclic amines) is 1. The molecule has 1 fully saturated rings. The summed E-state index contributed by atoms with van der Waals surface area (Å²) >= 11 is 1.62. The Balaban J connectivity index is 1.29. The zero-order valence-electron chi connectivity index (χ0n) is 16.8. The molecular formula is C24H26FN3OS. The van der Waals surface area contributed by atoms with Gasteiger partial charge in [-0.1, -0.05) is 48.5 Å². The fourth-order valence-corrected chi connectivity index (χ4v) is 4.73. The van der Waals surface area contributed by atoms with Gasteiger partial charge in [-0.15, -0.1) is 11.3 Å². The van der Waals surface area contributed by atoms with Gasteiger partial charge >= 0.3 is 0 Å². The summed E-state index contributed by atoms with van der Waals surface area (Å²) in [6.07, 6.45) is 0.963. The average molecular weight is 424 g/mol. The molecule has 1 amide bonds. The minimum Gasteiger partial charge on any atom is -0.351 e. The summed E-state index contributed by atoms with van der Waals surface area (Å²) in [7, 11) is 0. The molecule has 2 heterocycles. The third-order valence-electron chi connectivity index (χ3n) is 5.38. The number of nitrogens with one attached hydrogen (secondary N) is 2. The van der Waals surface area contributed by atoms with Gasteiger partial charge in [0.05, 0.1) is 12.6 Å². The van der Waals surface area contributed by atoms with E-state index in [0.29, 0.717) is 0 Å². The Morgan fingerprint density at radius 1 is 1.10 bits per heavy atom. The molecule has 4 rings (SSSR count). The second kappa shape index (κ2) is 9.98. The number of carbonyl (C=O) groups excluding carboxylic acids is 1. The minimum absolute atomic E-state index is 0.00905. The highest BCUT2D eigenvalue weighted by atomic mass is 32.1. The van der Waals surface area contributed by atoms with E-state index in [9.17, 15) is 9.18 Å². The number of halogens is 1. The SMILES string of the molecule is O=C(CN[C@H](c1ccc(F)cc1)c1cccs1)N[C@@H]1CCN(Cc2ccccc2)C1. The maximum absolute atomic E-state index is 13.3. The molecule has 1 aromatic heterocycles. The minimum atomic E-state index is -0.261. The van der Waals surface area contributed by atoms with Crippen molar-refractivity contribution in [2.24, 2.45) is 0 Å². The van der Waals surface area contributed by atoms with Gasteiger partial charge in [0.15, 0.2) is 0 Å². The molecule has 0 saturated carbocycles. The average Bonchev–Trinajstić information content (AvgIpc) is 3.43. The van der Waals surface area contributed by atoms with Gasteiger partial charge in [0, 0.05) is 30.6 Å². The van der Waals surface area contributed by atoms with Crippen LogP contribution in [0.15, 0.2) is 72.1 Å². The molecule has 1 aliphatic rings. The van der Waals surface area contributed by atoms with Crippen molar-refractivity contribution in [3.8, 4) is 0 Å². The van der Waals surface area contributed by atoms with Crippen LogP contribution < -0.4 is 10.6 Å². The Morgan fingerprint density at radius 3 is 2.63 bits per heavy atom. The smallest absolute Gasteiger partial charge is 0.234 e. The van der Waals surface area contributed by atoms with Crippen LogP contribution in [0.4, 0.5) is 4.39 Å². The Morgan fingerprint density at radius 2 is 1.90 bits per heavy atom. The van der Waals surface area contributed by atoms with Crippen molar-refractivity contribution in [1.29, 1.82) is 0 Å². The molecule has 2 atom stereocenters. The van der Waals surface area contributed by atoms with Crippen LogP contribution in [0.2, 0.25) is 0 Å². The second-order valence-electron chi connectivity index (χ2n) is 7.65. The monoisotopic (exact) mass is 423 g/mol. The predicted molar refractivity (Wildman–Crippen MR) is 119 cm³/mol. The standard InChI is InChI=1S/C24H26FN3OS/c25-20-10-8-19(9-11-20)24(22-7-4-14-30-22)26-15-23(29)27-21-12-13-28(17-21)16-18-5-2-1-3-6-18/h1-11,14,21,24,26H,12-13,15-17H2,(H,27,29)/t21-,24-/m1/s1. The van der Waals surface area contributed by atoms with Gasteiger partial charge in [-0.05, 0) is 41.1 Å². The van der Waals surface area contributed by atoms with Crippen molar-refractivity contribution in [2.75, 3.05) is 19.6 Å². The van der Waals surface area contributed by atoms with E-state index >= 15 is 0 Å². The van der Waals surface area contributed by atoms with Crippen molar-refractivity contribution in [1.82, 2.24) is 15.5 Å². The maximum atomic E-state index is 13.3. The first-order valence-electron chi connectivity index (χ1n) is 10.3. The van der Waals surface area contributed by atoms with Crippen LogP contribution in [-0.4, -0.2) is 36.5 Å². The normalized spacial score (nSPS) is 17.7. The first-order chi connectivity index (χ1) is 14.7. The first-order valence-corrected chi connectivity index (χ1v) is 11.1. The van der Waals surface area contributed by atoms with Gasteiger partial charge in [-0.25, -0.2) is 4.39 Å². The fraction of sp³-hybridized carbons (Fsp3) is 0.292. The van der Waals surface area contributed by atoms with E-state index in [-0.39, 0.29) is 30.4 Å². The Bertz CT molecular complexity index is 931. The Hall–Kier alpha value is -2.54. The van der Waals surface area contributed by atoms with E-state index in [1.165, 1.54) is 17.7 Å². The lowest BCUT2D eigenvalue weighted by Crippen LogP contribution is -2.42. The van der Waals surface area contributed by atoms with Gasteiger partial charge in [0.1, 0.15) is 5.82 Å². The zero-order valence-corrected chi connectivity index (χ0v) is 17.6. The van der Waals surface area contributed by atoms with Gasteiger partial charge in [0.25, 0.3) is 0 Å². The summed E-state index contributed by atoms with van der Waals surface area (Å²) < 4.78 is 13.3. The van der Waals surface area contributed by atoms with Gasteiger partial charge in [-0.3, -0.25) is 15.0 Å². The number of hydrogen-bond donors (Lipinski definition) is 2. The molecule has 30 heavy (non-hydrogen) atoms. The van der Waals surface area contributed by atoms with Crippen molar-refractivity contribution in [3.05, 3.63) is 93.9 Å². The molecule has 2 aromatic carbocycles.